The zero-order valence-corrected chi connectivity index (χ0v) is 10.4. The Hall–Kier alpha value is -1.28. The average molecular weight is 284 g/mol. The quantitative estimate of drug-likeness (QED) is 0.630. The predicted octanol–water partition coefficient (Wildman–Crippen LogP) is 2.62. The number of hydrogen-bond acceptors (Lipinski definition) is 4. The van der Waals surface area contributed by atoms with E-state index in [9.17, 15) is 21.6 Å². The summed E-state index contributed by atoms with van der Waals surface area (Å²) in [6.45, 7) is 1.21. The summed E-state index contributed by atoms with van der Waals surface area (Å²) in [6, 6.07) is 5.94. The summed E-state index contributed by atoms with van der Waals surface area (Å²) in [5.74, 6) is 0.396. The summed E-state index contributed by atoms with van der Waals surface area (Å²) in [6.07, 6.45) is -1.26. The standard InChI is InChI=1S/C10H11F3O4S/c1-7(17-18(14,15)10(11,12)13)8-4-3-5-9(6-8)16-2/h3-7H,1-2H3. The third kappa shape index (κ3) is 3.36. The van der Waals surface area contributed by atoms with E-state index in [1.807, 2.05) is 0 Å². The molecule has 0 spiro atoms. The topological polar surface area (TPSA) is 52.6 Å². The molecule has 1 aromatic rings. The normalized spacial score (nSPS) is 14.3. The molecule has 1 aromatic carbocycles. The van der Waals surface area contributed by atoms with Crippen LogP contribution in [0.4, 0.5) is 13.2 Å². The van der Waals surface area contributed by atoms with Crippen LogP contribution in [-0.2, 0) is 14.3 Å². The van der Waals surface area contributed by atoms with Gasteiger partial charge in [-0.1, -0.05) is 12.1 Å². The highest BCUT2D eigenvalue weighted by molar-refractivity contribution is 7.87. The van der Waals surface area contributed by atoms with E-state index in [-0.39, 0.29) is 5.56 Å². The van der Waals surface area contributed by atoms with Crippen LogP contribution in [0.25, 0.3) is 0 Å². The van der Waals surface area contributed by atoms with Crippen LogP contribution < -0.4 is 4.74 Å². The molecule has 0 bridgehead atoms. The highest BCUT2D eigenvalue weighted by Crippen LogP contribution is 2.30. The van der Waals surface area contributed by atoms with Crippen molar-refractivity contribution in [3.05, 3.63) is 29.8 Å². The fourth-order valence-electron chi connectivity index (χ4n) is 1.19. The first-order valence-electron chi connectivity index (χ1n) is 4.81. The number of rotatable bonds is 4. The van der Waals surface area contributed by atoms with Crippen LogP contribution in [0.5, 0.6) is 5.75 Å². The zero-order chi connectivity index (χ0) is 14.0. The van der Waals surface area contributed by atoms with Gasteiger partial charge in [0.05, 0.1) is 13.2 Å². The van der Waals surface area contributed by atoms with Gasteiger partial charge in [0.15, 0.2) is 0 Å². The Morgan fingerprint density at radius 2 is 1.89 bits per heavy atom. The molecule has 0 radical (unpaired) electrons. The summed E-state index contributed by atoms with van der Waals surface area (Å²) in [5, 5.41) is 0. The molecule has 1 unspecified atom stereocenters. The van der Waals surface area contributed by atoms with Gasteiger partial charge in [-0.15, -0.1) is 0 Å². The lowest BCUT2D eigenvalue weighted by Crippen LogP contribution is -2.26. The van der Waals surface area contributed by atoms with Gasteiger partial charge in [0.2, 0.25) is 0 Å². The minimum absolute atomic E-state index is 0.266. The first-order chi connectivity index (χ1) is 8.17. The maximum absolute atomic E-state index is 12.1. The molecular weight excluding hydrogens is 273 g/mol. The van der Waals surface area contributed by atoms with Crippen LogP contribution in [0.2, 0.25) is 0 Å². The van der Waals surface area contributed by atoms with Gasteiger partial charge >= 0.3 is 15.6 Å². The molecule has 0 aliphatic heterocycles. The maximum Gasteiger partial charge on any atom is 0.523 e. The molecule has 1 rings (SSSR count). The van der Waals surface area contributed by atoms with Crippen molar-refractivity contribution in [2.24, 2.45) is 0 Å². The lowest BCUT2D eigenvalue weighted by molar-refractivity contribution is -0.0569. The van der Waals surface area contributed by atoms with E-state index >= 15 is 0 Å². The largest absolute Gasteiger partial charge is 0.523 e. The van der Waals surface area contributed by atoms with E-state index in [1.54, 1.807) is 6.07 Å². The Morgan fingerprint density at radius 1 is 1.28 bits per heavy atom. The van der Waals surface area contributed by atoms with Crippen molar-refractivity contribution in [3.63, 3.8) is 0 Å². The molecule has 0 N–H and O–H groups in total. The van der Waals surface area contributed by atoms with Crippen LogP contribution in [0.3, 0.4) is 0 Å². The Morgan fingerprint density at radius 3 is 2.39 bits per heavy atom. The molecule has 8 heteroatoms. The lowest BCUT2D eigenvalue weighted by atomic mass is 10.1. The van der Waals surface area contributed by atoms with Gasteiger partial charge in [-0.05, 0) is 24.6 Å². The maximum atomic E-state index is 12.1. The highest BCUT2D eigenvalue weighted by atomic mass is 32.2. The van der Waals surface area contributed by atoms with E-state index < -0.39 is 21.7 Å². The molecule has 0 fully saturated rings. The van der Waals surface area contributed by atoms with Gasteiger partial charge in [-0.25, -0.2) is 0 Å². The molecule has 0 saturated heterocycles. The van der Waals surface area contributed by atoms with Gasteiger partial charge < -0.3 is 4.74 Å². The van der Waals surface area contributed by atoms with E-state index in [4.69, 9.17) is 4.74 Å². The van der Waals surface area contributed by atoms with Crippen molar-refractivity contribution in [1.29, 1.82) is 0 Å². The van der Waals surface area contributed by atoms with Crippen molar-refractivity contribution in [2.45, 2.75) is 18.5 Å². The lowest BCUT2D eigenvalue weighted by Gasteiger charge is -2.15. The van der Waals surface area contributed by atoms with E-state index in [0.717, 1.165) is 0 Å². The second kappa shape index (κ2) is 5.15. The summed E-state index contributed by atoms with van der Waals surface area (Å²) < 4.78 is 66.9. The monoisotopic (exact) mass is 284 g/mol. The SMILES string of the molecule is COc1cccc(C(C)OS(=O)(=O)C(F)(F)F)c1. The summed E-state index contributed by atoms with van der Waals surface area (Å²) in [4.78, 5) is 0. The summed E-state index contributed by atoms with van der Waals surface area (Å²) >= 11 is 0. The summed E-state index contributed by atoms with van der Waals surface area (Å²) in [5.41, 5.74) is -5.16. The molecule has 0 aromatic heterocycles. The molecule has 0 aliphatic rings. The number of alkyl halides is 3. The molecule has 0 heterocycles. The summed E-state index contributed by atoms with van der Waals surface area (Å²) in [7, 11) is -4.22. The number of methoxy groups -OCH3 is 1. The van der Waals surface area contributed by atoms with Crippen molar-refractivity contribution in [2.75, 3.05) is 7.11 Å². The fraction of sp³-hybridized carbons (Fsp3) is 0.400. The molecule has 102 valence electrons. The van der Waals surface area contributed by atoms with E-state index in [0.29, 0.717) is 5.75 Å². The number of benzene rings is 1. The third-order valence-electron chi connectivity index (χ3n) is 2.12. The second-order valence-electron chi connectivity index (χ2n) is 3.41. The molecule has 1 atom stereocenters. The molecule has 4 nitrogen and oxygen atoms in total. The van der Waals surface area contributed by atoms with Crippen LogP contribution in [0, 0.1) is 0 Å². The first kappa shape index (κ1) is 14.8. The molecule has 18 heavy (non-hydrogen) atoms. The van der Waals surface area contributed by atoms with Gasteiger partial charge in [0.25, 0.3) is 0 Å². The predicted molar refractivity (Wildman–Crippen MR) is 57.5 cm³/mol. The highest BCUT2D eigenvalue weighted by Gasteiger charge is 2.48. The average Bonchev–Trinajstić information content (AvgIpc) is 2.27. The van der Waals surface area contributed by atoms with Crippen molar-refractivity contribution >= 4 is 10.1 Å². The third-order valence-corrected chi connectivity index (χ3v) is 3.23. The number of hydrogen-bond donors (Lipinski definition) is 0. The van der Waals surface area contributed by atoms with Crippen LogP contribution in [0.1, 0.15) is 18.6 Å². The van der Waals surface area contributed by atoms with Gasteiger partial charge in [-0.2, -0.15) is 21.6 Å². The Kier molecular flexibility index (Phi) is 4.23. The van der Waals surface area contributed by atoms with E-state index in [2.05, 4.69) is 4.18 Å². The first-order valence-corrected chi connectivity index (χ1v) is 6.21. The molecule has 0 aliphatic carbocycles. The molecule has 0 amide bonds. The molecular formula is C10H11F3O4S. The smallest absolute Gasteiger partial charge is 0.497 e. The number of ether oxygens (including phenoxy) is 1. The van der Waals surface area contributed by atoms with Crippen molar-refractivity contribution in [3.8, 4) is 5.75 Å². The molecule has 0 saturated carbocycles. The Labute approximate surface area is 102 Å². The van der Waals surface area contributed by atoms with Gasteiger partial charge in [0.1, 0.15) is 5.75 Å². The minimum Gasteiger partial charge on any atom is -0.497 e. The van der Waals surface area contributed by atoms with Crippen LogP contribution >= 0.6 is 0 Å². The number of halogens is 3. The van der Waals surface area contributed by atoms with Gasteiger partial charge in [0, 0.05) is 0 Å². The minimum atomic E-state index is -5.61. The van der Waals surface area contributed by atoms with Crippen molar-refractivity contribution < 1.29 is 30.5 Å². The van der Waals surface area contributed by atoms with E-state index in [1.165, 1.54) is 32.2 Å². The van der Waals surface area contributed by atoms with Crippen molar-refractivity contribution in [1.82, 2.24) is 0 Å². The fourth-order valence-corrected chi connectivity index (χ4v) is 1.79. The zero-order valence-electron chi connectivity index (χ0n) is 9.56. The van der Waals surface area contributed by atoms with Crippen LogP contribution in [0.15, 0.2) is 24.3 Å². The van der Waals surface area contributed by atoms with Crippen LogP contribution in [-0.4, -0.2) is 21.0 Å². The Bertz CT molecular complexity index is 510. The van der Waals surface area contributed by atoms with Gasteiger partial charge in [-0.3, -0.25) is 4.18 Å². The second-order valence-corrected chi connectivity index (χ2v) is 4.98. The Balaban J connectivity index is 2.92.